The lowest BCUT2D eigenvalue weighted by molar-refractivity contribution is 0.140. The fraction of sp³-hybridized carbons (Fsp3) is 0.200. The monoisotopic (exact) mass is 322 g/mol. The summed E-state index contributed by atoms with van der Waals surface area (Å²) < 4.78 is 22.5. The van der Waals surface area contributed by atoms with E-state index < -0.39 is 8.80 Å². The van der Waals surface area contributed by atoms with Crippen molar-refractivity contribution in [2.75, 3.05) is 21.3 Å². The highest BCUT2D eigenvalue weighted by Crippen LogP contribution is 2.24. The molecule has 0 saturated carbocycles. The number of para-hydroxylation sites is 1. The van der Waals surface area contributed by atoms with Crippen LogP contribution in [0.1, 0.15) is 0 Å². The molecule has 0 bridgehead atoms. The van der Waals surface area contributed by atoms with E-state index in [4.69, 9.17) is 18.0 Å². The molecule has 0 amide bonds. The first kappa shape index (κ1) is 16.1. The Balaban J connectivity index is 2.38. The summed E-state index contributed by atoms with van der Waals surface area (Å²) in [5, 5.41) is 0.785. The van der Waals surface area contributed by atoms with E-state index in [1.807, 2.05) is 48.5 Å². The summed E-state index contributed by atoms with van der Waals surface area (Å²) in [4.78, 5) is 0.880. The molecule has 0 radical (unpaired) electrons. The molecule has 0 atom stereocenters. The van der Waals surface area contributed by atoms with Crippen LogP contribution in [0.15, 0.2) is 53.4 Å². The van der Waals surface area contributed by atoms with Crippen LogP contribution in [0.3, 0.4) is 0 Å². The Kier molecular flexibility index (Phi) is 5.43. The molecular formula is C15H18O4SSi. The van der Waals surface area contributed by atoms with E-state index in [2.05, 4.69) is 12.6 Å². The Morgan fingerprint density at radius 2 is 1.38 bits per heavy atom. The second-order valence-electron chi connectivity index (χ2n) is 4.26. The maximum Gasteiger partial charge on any atom is 0.540 e. The van der Waals surface area contributed by atoms with Crippen LogP contribution in [0.2, 0.25) is 0 Å². The van der Waals surface area contributed by atoms with Crippen LogP contribution in [0.5, 0.6) is 11.5 Å². The van der Waals surface area contributed by atoms with E-state index in [-0.39, 0.29) is 0 Å². The van der Waals surface area contributed by atoms with Crippen LogP contribution in [0, 0.1) is 0 Å². The highest BCUT2D eigenvalue weighted by molar-refractivity contribution is 7.80. The van der Waals surface area contributed by atoms with Gasteiger partial charge in [-0.05, 0) is 30.3 Å². The number of rotatable bonds is 6. The van der Waals surface area contributed by atoms with Gasteiger partial charge in [-0.3, -0.25) is 0 Å². The van der Waals surface area contributed by atoms with Crippen LogP contribution in [0.4, 0.5) is 0 Å². The third-order valence-electron chi connectivity index (χ3n) is 3.09. The second-order valence-corrected chi connectivity index (χ2v) is 7.65. The molecule has 0 heterocycles. The molecule has 0 aromatic heterocycles. The number of benzene rings is 2. The molecule has 0 aliphatic rings. The molecule has 0 N–H and O–H groups in total. The van der Waals surface area contributed by atoms with Gasteiger partial charge in [-0.15, -0.1) is 12.6 Å². The van der Waals surface area contributed by atoms with Gasteiger partial charge in [0.2, 0.25) is 0 Å². The molecule has 21 heavy (non-hydrogen) atoms. The van der Waals surface area contributed by atoms with E-state index in [1.165, 1.54) is 0 Å². The summed E-state index contributed by atoms with van der Waals surface area (Å²) in [6.07, 6.45) is 0. The first-order chi connectivity index (χ1) is 10.1. The summed E-state index contributed by atoms with van der Waals surface area (Å²) in [7, 11) is 1.78. The van der Waals surface area contributed by atoms with E-state index in [0.29, 0.717) is 11.5 Å². The van der Waals surface area contributed by atoms with Gasteiger partial charge in [0.15, 0.2) is 0 Å². The number of hydrogen-bond acceptors (Lipinski definition) is 5. The molecule has 0 unspecified atom stereocenters. The van der Waals surface area contributed by atoms with Crippen molar-refractivity contribution < 1.29 is 18.0 Å². The van der Waals surface area contributed by atoms with Crippen molar-refractivity contribution in [2.24, 2.45) is 0 Å². The lowest BCUT2D eigenvalue weighted by Gasteiger charge is -2.26. The van der Waals surface area contributed by atoms with Crippen molar-refractivity contribution in [3.8, 4) is 11.5 Å². The molecular weight excluding hydrogens is 304 g/mol. The van der Waals surface area contributed by atoms with Gasteiger partial charge in [0.25, 0.3) is 0 Å². The summed E-state index contributed by atoms with van der Waals surface area (Å²) in [6.45, 7) is 0. The van der Waals surface area contributed by atoms with Gasteiger partial charge in [0.05, 0.1) is 5.19 Å². The summed E-state index contributed by atoms with van der Waals surface area (Å²) in [5.74, 6) is 1.37. The highest BCUT2D eigenvalue weighted by Gasteiger charge is 2.43. The minimum Gasteiger partial charge on any atom is -0.457 e. The molecule has 2 aromatic rings. The minimum absolute atomic E-state index is 0.654. The quantitative estimate of drug-likeness (QED) is 0.655. The van der Waals surface area contributed by atoms with Crippen LogP contribution in [0.25, 0.3) is 0 Å². The fourth-order valence-electron chi connectivity index (χ4n) is 2.03. The van der Waals surface area contributed by atoms with Gasteiger partial charge in [0.1, 0.15) is 11.5 Å². The molecule has 2 aromatic carbocycles. The maximum absolute atomic E-state index is 5.94. The van der Waals surface area contributed by atoms with E-state index in [9.17, 15) is 0 Å². The van der Waals surface area contributed by atoms with Crippen LogP contribution in [-0.4, -0.2) is 30.1 Å². The fourth-order valence-corrected chi connectivity index (χ4v) is 4.07. The van der Waals surface area contributed by atoms with Gasteiger partial charge in [-0.2, -0.15) is 0 Å². The molecule has 2 rings (SSSR count). The first-order valence-corrected chi connectivity index (χ1v) is 8.54. The van der Waals surface area contributed by atoms with Gasteiger partial charge < -0.3 is 18.0 Å². The topological polar surface area (TPSA) is 36.9 Å². The van der Waals surface area contributed by atoms with Crippen molar-refractivity contribution in [3.05, 3.63) is 48.5 Å². The van der Waals surface area contributed by atoms with Crippen molar-refractivity contribution in [2.45, 2.75) is 4.90 Å². The number of ether oxygens (including phenoxy) is 1. The van der Waals surface area contributed by atoms with Gasteiger partial charge >= 0.3 is 8.80 Å². The molecule has 112 valence electrons. The van der Waals surface area contributed by atoms with Crippen molar-refractivity contribution in [1.82, 2.24) is 0 Å². The predicted molar refractivity (Wildman–Crippen MR) is 86.6 cm³/mol. The molecule has 0 fully saturated rings. The van der Waals surface area contributed by atoms with Crippen molar-refractivity contribution in [1.29, 1.82) is 0 Å². The SMILES string of the molecule is CO[Si](OC)(OC)c1ccccc1Oc1ccc(S)cc1. The summed E-state index contributed by atoms with van der Waals surface area (Å²) >= 11 is 4.26. The largest absolute Gasteiger partial charge is 0.540 e. The Hall–Kier alpha value is -1.31. The zero-order chi connectivity index (χ0) is 15.3. The standard InChI is InChI=1S/C15H18O4SSi/c1-16-21(17-2,18-3)15-7-5-4-6-14(15)19-12-8-10-13(20)11-9-12/h4-11,20H,1-3H3. The smallest absolute Gasteiger partial charge is 0.457 e. The Morgan fingerprint density at radius 1 is 0.810 bits per heavy atom. The minimum atomic E-state index is -2.94. The summed E-state index contributed by atoms with van der Waals surface area (Å²) in [5.41, 5.74) is 0. The molecule has 6 heteroatoms. The normalized spacial score (nSPS) is 11.4. The predicted octanol–water partition coefficient (Wildman–Crippen LogP) is 2.85. The second kappa shape index (κ2) is 7.10. The third kappa shape index (κ3) is 3.48. The molecule has 0 aliphatic carbocycles. The first-order valence-electron chi connectivity index (χ1n) is 6.37. The lowest BCUT2D eigenvalue weighted by Crippen LogP contribution is -2.54. The van der Waals surface area contributed by atoms with Crippen LogP contribution in [-0.2, 0) is 13.3 Å². The Bertz CT molecular complexity index is 576. The van der Waals surface area contributed by atoms with Crippen LogP contribution < -0.4 is 9.92 Å². The molecule has 4 nitrogen and oxygen atoms in total. The Morgan fingerprint density at radius 3 is 1.95 bits per heavy atom. The number of hydrogen-bond donors (Lipinski definition) is 1. The average molecular weight is 322 g/mol. The van der Waals surface area contributed by atoms with E-state index >= 15 is 0 Å². The van der Waals surface area contributed by atoms with Gasteiger partial charge in [-0.25, -0.2) is 0 Å². The average Bonchev–Trinajstić information content (AvgIpc) is 2.53. The molecule has 0 saturated heterocycles. The lowest BCUT2D eigenvalue weighted by atomic mass is 10.3. The van der Waals surface area contributed by atoms with Crippen molar-refractivity contribution >= 4 is 26.6 Å². The zero-order valence-electron chi connectivity index (χ0n) is 12.2. The maximum atomic E-state index is 5.94. The third-order valence-corrected chi connectivity index (χ3v) is 6.07. The molecule has 0 aliphatic heterocycles. The summed E-state index contributed by atoms with van der Waals surface area (Å²) in [6, 6.07) is 15.0. The number of thiol groups is 1. The molecule has 0 spiro atoms. The van der Waals surface area contributed by atoms with E-state index in [0.717, 1.165) is 10.1 Å². The zero-order valence-corrected chi connectivity index (χ0v) is 14.1. The van der Waals surface area contributed by atoms with Gasteiger partial charge in [0, 0.05) is 26.2 Å². The van der Waals surface area contributed by atoms with Crippen LogP contribution >= 0.6 is 12.6 Å². The Labute approximate surface area is 131 Å². The van der Waals surface area contributed by atoms with E-state index in [1.54, 1.807) is 21.3 Å². The van der Waals surface area contributed by atoms with Crippen molar-refractivity contribution in [3.63, 3.8) is 0 Å². The van der Waals surface area contributed by atoms with Gasteiger partial charge in [-0.1, -0.05) is 18.2 Å². The highest BCUT2D eigenvalue weighted by atomic mass is 32.1.